The number of hydrogen-bond acceptors (Lipinski definition) is 7. The highest BCUT2D eigenvalue weighted by atomic mass is 32.2. The highest BCUT2D eigenvalue weighted by Crippen LogP contribution is 2.26. The first kappa shape index (κ1) is 19.4. The summed E-state index contributed by atoms with van der Waals surface area (Å²) in [5.41, 5.74) is 1.95. The van der Waals surface area contributed by atoms with Gasteiger partial charge in [0.15, 0.2) is 16.1 Å². The van der Waals surface area contributed by atoms with Crippen molar-refractivity contribution < 1.29 is 9.53 Å². The molecule has 0 unspecified atom stereocenters. The second-order valence-electron chi connectivity index (χ2n) is 6.34. The van der Waals surface area contributed by atoms with Crippen LogP contribution >= 0.6 is 23.1 Å². The Morgan fingerprint density at radius 2 is 1.97 bits per heavy atom. The van der Waals surface area contributed by atoms with Crippen molar-refractivity contribution in [1.82, 2.24) is 19.7 Å². The third-order valence-electron chi connectivity index (χ3n) is 4.25. The van der Waals surface area contributed by atoms with Gasteiger partial charge in [-0.25, -0.2) is 4.98 Å². The van der Waals surface area contributed by atoms with Crippen LogP contribution in [0, 0.1) is 6.92 Å². The van der Waals surface area contributed by atoms with E-state index in [1.54, 1.807) is 0 Å². The van der Waals surface area contributed by atoms with Crippen molar-refractivity contribution in [3.05, 3.63) is 59.9 Å². The quantitative estimate of drug-likeness (QED) is 0.450. The maximum Gasteiger partial charge on any atom is 0.236 e. The molecule has 0 aliphatic rings. The van der Waals surface area contributed by atoms with Crippen LogP contribution in [0.25, 0.3) is 10.2 Å². The van der Waals surface area contributed by atoms with Crippen LogP contribution in [0.15, 0.2) is 53.7 Å². The summed E-state index contributed by atoms with van der Waals surface area (Å²) >= 11 is 2.78. The largest absolute Gasteiger partial charge is 0.485 e. The maximum absolute atomic E-state index is 12.3. The number of aromatic nitrogens is 4. The number of para-hydroxylation sites is 2. The first-order valence-electron chi connectivity index (χ1n) is 8.95. The van der Waals surface area contributed by atoms with Crippen LogP contribution in [0.2, 0.25) is 0 Å². The van der Waals surface area contributed by atoms with E-state index in [0.717, 1.165) is 21.5 Å². The minimum Gasteiger partial charge on any atom is -0.485 e. The summed E-state index contributed by atoms with van der Waals surface area (Å²) in [4.78, 5) is 16.7. The van der Waals surface area contributed by atoms with Gasteiger partial charge >= 0.3 is 0 Å². The number of thiazole rings is 1. The Morgan fingerprint density at radius 3 is 2.79 bits per heavy atom. The van der Waals surface area contributed by atoms with Gasteiger partial charge in [-0.3, -0.25) is 4.79 Å². The maximum atomic E-state index is 12.3. The minimum absolute atomic E-state index is 0.130. The summed E-state index contributed by atoms with van der Waals surface area (Å²) in [6.07, 6.45) is 0. The Kier molecular flexibility index (Phi) is 5.77. The number of aryl methyl sites for hydroxylation is 1. The molecule has 1 amide bonds. The number of rotatable bonds is 7. The number of anilines is 1. The van der Waals surface area contributed by atoms with Gasteiger partial charge < -0.3 is 14.6 Å². The molecule has 0 atom stereocenters. The van der Waals surface area contributed by atoms with Crippen molar-refractivity contribution >= 4 is 44.4 Å². The van der Waals surface area contributed by atoms with E-state index >= 15 is 0 Å². The van der Waals surface area contributed by atoms with Gasteiger partial charge in [0, 0.05) is 7.05 Å². The first-order chi connectivity index (χ1) is 14.1. The molecule has 0 aliphatic heterocycles. The fourth-order valence-corrected chi connectivity index (χ4v) is 4.28. The number of nitrogens with one attached hydrogen (secondary N) is 1. The molecule has 2 aromatic carbocycles. The summed E-state index contributed by atoms with van der Waals surface area (Å²) in [5, 5.41) is 12.4. The summed E-state index contributed by atoms with van der Waals surface area (Å²) in [6.45, 7) is 2.31. The van der Waals surface area contributed by atoms with Crippen LogP contribution in [0.1, 0.15) is 11.4 Å². The smallest absolute Gasteiger partial charge is 0.236 e. The average molecular weight is 426 g/mol. The predicted octanol–water partition coefficient (Wildman–Crippen LogP) is 4.04. The predicted molar refractivity (Wildman–Crippen MR) is 115 cm³/mol. The highest BCUT2D eigenvalue weighted by molar-refractivity contribution is 7.99. The molecule has 7 nitrogen and oxygen atoms in total. The van der Waals surface area contributed by atoms with Gasteiger partial charge in [0.2, 0.25) is 5.91 Å². The molecular weight excluding hydrogens is 406 g/mol. The fourth-order valence-electron chi connectivity index (χ4n) is 2.67. The standard InChI is InChI=1S/C20H19N5O2S2/c1-13-7-3-5-9-15(13)27-11-17-23-24-20(25(17)2)28-12-18(26)22-19-21-14-8-4-6-10-16(14)29-19/h3-10H,11-12H2,1-2H3,(H,21,22,26). The van der Waals surface area contributed by atoms with E-state index in [9.17, 15) is 4.79 Å². The molecule has 0 saturated heterocycles. The normalized spacial score (nSPS) is 11.0. The number of amides is 1. The molecule has 0 aliphatic carbocycles. The van der Waals surface area contributed by atoms with Crippen LogP contribution in [0.4, 0.5) is 5.13 Å². The van der Waals surface area contributed by atoms with Gasteiger partial charge in [0.25, 0.3) is 0 Å². The highest BCUT2D eigenvalue weighted by Gasteiger charge is 2.13. The lowest BCUT2D eigenvalue weighted by molar-refractivity contribution is -0.113. The van der Waals surface area contributed by atoms with Crippen molar-refractivity contribution in [3.63, 3.8) is 0 Å². The molecule has 4 rings (SSSR count). The monoisotopic (exact) mass is 425 g/mol. The number of nitrogens with zero attached hydrogens (tertiary/aromatic N) is 4. The molecular formula is C20H19N5O2S2. The first-order valence-corrected chi connectivity index (χ1v) is 10.8. The number of benzene rings is 2. The number of fused-ring (bicyclic) bond motifs is 1. The summed E-state index contributed by atoms with van der Waals surface area (Å²) in [6, 6.07) is 15.6. The van der Waals surface area contributed by atoms with E-state index in [0.29, 0.717) is 22.7 Å². The summed E-state index contributed by atoms with van der Waals surface area (Å²) in [7, 11) is 1.87. The third-order valence-corrected chi connectivity index (χ3v) is 6.22. The van der Waals surface area contributed by atoms with Gasteiger partial charge in [-0.15, -0.1) is 10.2 Å². The second-order valence-corrected chi connectivity index (χ2v) is 8.31. The molecule has 9 heteroatoms. The molecule has 0 radical (unpaired) electrons. The lowest BCUT2D eigenvalue weighted by atomic mass is 10.2. The zero-order valence-corrected chi connectivity index (χ0v) is 17.6. The summed E-state index contributed by atoms with van der Waals surface area (Å²) < 4.78 is 8.72. The molecule has 1 N–H and O–H groups in total. The molecule has 2 aromatic heterocycles. The lowest BCUT2D eigenvalue weighted by Gasteiger charge is -2.08. The zero-order valence-electron chi connectivity index (χ0n) is 16.0. The topological polar surface area (TPSA) is 81.9 Å². The summed E-state index contributed by atoms with van der Waals surface area (Å²) in [5.74, 6) is 1.61. The molecule has 0 saturated carbocycles. The van der Waals surface area contributed by atoms with E-state index in [1.807, 2.05) is 67.1 Å². The van der Waals surface area contributed by atoms with Crippen LogP contribution in [0.3, 0.4) is 0 Å². The Labute approximate surface area is 176 Å². The Bertz CT molecular complexity index is 1120. The number of ether oxygens (including phenoxy) is 1. The Hall–Kier alpha value is -2.91. The SMILES string of the molecule is Cc1ccccc1OCc1nnc(SCC(=O)Nc2nc3ccccc3s2)n1C. The number of hydrogen-bond donors (Lipinski definition) is 1. The number of thioether (sulfide) groups is 1. The Balaban J connectivity index is 1.32. The Morgan fingerprint density at radius 1 is 1.17 bits per heavy atom. The van der Waals surface area contributed by atoms with Gasteiger partial charge in [0.1, 0.15) is 12.4 Å². The van der Waals surface area contributed by atoms with E-state index < -0.39 is 0 Å². The number of carbonyl (C=O) groups excluding carboxylic acids is 1. The molecule has 0 spiro atoms. The van der Waals surface area contributed by atoms with Crippen LogP contribution in [-0.4, -0.2) is 31.4 Å². The molecule has 29 heavy (non-hydrogen) atoms. The van der Waals surface area contributed by atoms with Crippen LogP contribution in [-0.2, 0) is 18.4 Å². The van der Waals surface area contributed by atoms with E-state index in [4.69, 9.17) is 4.74 Å². The van der Waals surface area contributed by atoms with Crippen molar-refractivity contribution in [2.24, 2.45) is 7.05 Å². The molecule has 2 heterocycles. The van der Waals surface area contributed by atoms with E-state index in [-0.39, 0.29) is 11.7 Å². The van der Waals surface area contributed by atoms with Gasteiger partial charge in [-0.2, -0.15) is 0 Å². The molecule has 4 aromatic rings. The van der Waals surface area contributed by atoms with E-state index in [1.165, 1.54) is 23.1 Å². The van der Waals surface area contributed by atoms with Crippen molar-refractivity contribution in [2.75, 3.05) is 11.1 Å². The average Bonchev–Trinajstić information content (AvgIpc) is 3.28. The fraction of sp³-hybridized carbons (Fsp3) is 0.200. The van der Waals surface area contributed by atoms with Crippen LogP contribution in [0.5, 0.6) is 5.75 Å². The van der Waals surface area contributed by atoms with E-state index in [2.05, 4.69) is 20.5 Å². The van der Waals surface area contributed by atoms with Crippen molar-refractivity contribution in [3.8, 4) is 5.75 Å². The molecule has 0 bridgehead atoms. The van der Waals surface area contributed by atoms with Crippen molar-refractivity contribution in [1.29, 1.82) is 0 Å². The van der Waals surface area contributed by atoms with Gasteiger partial charge in [0.05, 0.1) is 16.0 Å². The van der Waals surface area contributed by atoms with Gasteiger partial charge in [-0.1, -0.05) is 53.4 Å². The zero-order chi connectivity index (χ0) is 20.2. The molecule has 0 fully saturated rings. The minimum atomic E-state index is -0.130. The third kappa shape index (κ3) is 4.57. The van der Waals surface area contributed by atoms with Gasteiger partial charge in [-0.05, 0) is 30.7 Å². The second kappa shape index (κ2) is 8.62. The lowest BCUT2D eigenvalue weighted by Crippen LogP contribution is -2.14. The van der Waals surface area contributed by atoms with Crippen molar-refractivity contribution in [2.45, 2.75) is 18.7 Å². The molecule has 148 valence electrons. The number of carbonyl (C=O) groups is 1. The van der Waals surface area contributed by atoms with Crippen LogP contribution < -0.4 is 10.1 Å².